The van der Waals surface area contributed by atoms with Gasteiger partial charge in [-0.3, -0.25) is 0 Å². The molecule has 2 aromatic rings. The van der Waals surface area contributed by atoms with Gasteiger partial charge in [-0.25, -0.2) is 4.98 Å². The lowest BCUT2D eigenvalue weighted by atomic mass is 10.0. The molecular formula is C15H21N3. The zero-order valence-corrected chi connectivity index (χ0v) is 11.6. The standard InChI is InChI=1S/C13H15N3.C2H6/c1-8-3-4-11-10(5-8)6-14-7-12-13(11)16-9(2)15-12;1-2/h3-5,14H,6-7H2,1-2H3,(H,15,16);1-2H3. The van der Waals surface area contributed by atoms with Crippen LogP contribution in [0.2, 0.25) is 0 Å². The minimum absolute atomic E-state index is 0.865. The Hall–Kier alpha value is -1.61. The van der Waals surface area contributed by atoms with Gasteiger partial charge in [-0.15, -0.1) is 0 Å². The maximum absolute atomic E-state index is 4.59. The first-order chi connectivity index (χ1) is 8.74. The van der Waals surface area contributed by atoms with Crippen LogP contribution in [0.1, 0.15) is 36.5 Å². The Bertz CT molecular complexity index is 541. The smallest absolute Gasteiger partial charge is 0.103 e. The van der Waals surface area contributed by atoms with Crippen molar-refractivity contribution in [2.24, 2.45) is 0 Å². The predicted molar refractivity (Wildman–Crippen MR) is 75.4 cm³/mol. The van der Waals surface area contributed by atoms with Crippen LogP contribution in [0.15, 0.2) is 18.2 Å². The Morgan fingerprint density at radius 1 is 1.11 bits per heavy atom. The Kier molecular flexibility index (Phi) is 3.82. The molecule has 0 fully saturated rings. The van der Waals surface area contributed by atoms with E-state index in [4.69, 9.17) is 0 Å². The average molecular weight is 243 g/mol. The minimum atomic E-state index is 0.865. The summed E-state index contributed by atoms with van der Waals surface area (Å²) in [5.41, 5.74) is 6.20. The third kappa shape index (κ3) is 2.31. The van der Waals surface area contributed by atoms with Crippen molar-refractivity contribution in [3.05, 3.63) is 40.8 Å². The molecule has 96 valence electrons. The largest absolute Gasteiger partial charge is 0.345 e. The summed E-state index contributed by atoms with van der Waals surface area (Å²) in [7, 11) is 0. The third-order valence-electron chi connectivity index (χ3n) is 3.03. The van der Waals surface area contributed by atoms with Crippen LogP contribution in [0.5, 0.6) is 0 Å². The van der Waals surface area contributed by atoms with E-state index in [-0.39, 0.29) is 0 Å². The topological polar surface area (TPSA) is 40.7 Å². The van der Waals surface area contributed by atoms with Crippen LogP contribution < -0.4 is 5.32 Å². The summed E-state index contributed by atoms with van der Waals surface area (Å²) >= 11 is 0. The highest BCUT2D eigenvalue weighted by Crippen LogP contribution is 2.28. The molecule has 1 aromatic carbocycles. The zero-order valence-electron chi connectivity index (χ0n) is 11.6. The molecule has 18 heavy (non-hydrogen) atoms. The van der Waals surface area contributed by atoms with Crippen molar-refractivity contribution < 1.29 is 0 Å². The van der Waals surface area contributed by atoms with Crippen molar-refractivity contribution in [2.75, 3.05) is 0 Å². The van der Waals surface area contributed by atoms with Gasteiger partial charge in [-0.2, -0.15) is 0 Å². The monoisotopic (exact) mass is 243 g/mol. The number of fused-ring (bicyclic) bond motifs is 3. The molecular weight excluding hydrogens is 222 g/mol. The number of aryl methyl sites for hydroxylation is 2. The number of aromatic amines is 1. The molecule has 0 saturated carbocycles. The SMILES string of the molecule is CC.Cc1ccc2c(c1)CNCc1[nH]c(C)nc1-2. The van der Waals surface area contributed by atoms with Crippen molar-refractivity contribution in [3.63, 3.8) is 0 Å². The van der Waals surface area contributed by atoms with Gasteiger partial charge in [0.05, 0.1) is 11.4 Å². The fourth-order valence-electron chi connectivity index (χ4n) is 2.31. The van der Waals surface area contributed by atoms with E-state index in [0.29, 0.717) is 0 Å². The number of aromatic nitrogens is 2. The Morgan fingerprint density at radius 2 is 1.89 bits per heavy atom. The zero-order chi connectivity index (χ0) is 13.1. The van der Waals surface area contributed by atoms with Gasteiger partial charge in [0.15, 0.2) is 0 Å². The van der Waals surface area contributed by atoms with E-state index in [1.54, 1.807) is 0 Å². The molecule has 1 aromatic heterocycles. The van der Waals surface area contributed by atoms with Gasteiger partial charge in [-0.1, -0.05) is 37.6 Å². The molecule has 0 radical (unpaired) electrons. The van der Waals surface area contributed by atoms with Crippen LogP contribution >= 0.6 is 0 Å². The summed E-state index contributed by atoms with van der Waals surface area (Å²) in [6.45, 7) is 9.91. The summed E-state index contributed by atoms with van der Waals surface area (Å²) < 4.78 is 0. The molecule has 0 aliphatic carbocycles. The number of H-pyrrole nitrogens is 1. The van der Waals surface area contributed by atoms with E-state index in [9.17, 15) is 0 Å². The highest BCUT2D eigenvalue weighted by Gasteiger charge is 2.17. The molecule has 0 spiro atoms. The van der Waals surface area contributed by atoms with E-state index < -0.39 is 0 Å². The van der Waals surface area contributed by atoms with Crippen LogP contribution in [0, 0.1) is 13.8 Å². The summed E-state index contributed by atoms with van der Waals surface area (Å²) in [6.07, 6.45) is 0. The lowest BCUT2D eigenvalue weighted by Crippen LogP contribution is -2.11. The molecule has 3 rings (SSSR count). The maximum Gasteiger partial charge on any atom is 0.103 e. The van der Waals surface area contributed by atoms with Gasteiger partial charge in [0, 0.05) is 18.7 Å². The van der Waals surface area contributed by atoms with E-state index in [2.05, 4.69) is 40.4 Å². The summed E-state index contributed by atoms with van der Waals surface area (Å²) in [4.78, 5) is 7.91. The number of nitrogens with one attached hydrogen (secondary N) is 2. The van der Waals surface area contributed by atoms with Crippen molar-refractivity contribution in [3.8, 4) is 11.3 Å². The van der Waals surface area contributed by atoms with E-state index in [1.807, 2.05) is 20.8 Å². The first-order valence-electron chi connectivity index (χ1n) is 6.60. The van der Waals surface area contributed by atoms with E-state index in [1.165, 1.54) is 22.4 Å². The average Bonchev–Trinajstić information content (AvgIpc) is 2.65. The number of benzene rings is 1. The normalized spacial score (nSPS) is 12.9. The fraction of sp³-hybridized carbons (Fsp3) is 0.400. The first kappa shape index (κ1) is 12.8. The molecule has 1 aliphatic rings. The molecule has 1 aliphatic heterocycles. The van der Waals surface area contributed by atoms with Gasteiger partial charge in [0.2, 0.25) is 0 Å². The van der Waals surface area contributed by atoms with Crippen LogP contribution in [-0.2, 0) is 13.1 Å². The van der Waals surface area contributed by atoms with Crippen LogP contribution in [0.25, 0.3) is 11.3 Å². The first-order valence-corrected chi connectivity index (χ1v) is 6.60. The van der Waals surface area contributed by atoms with Crippen molar-refractivity contribution in [1.29, 1.82) is 0 Å². The fourth-order valence-corrected chi connectivity index (χ4v) is 2.31. The maximum atomic E-state index is 4.59. The van der Waals surface area contributed by atoms with Gasteiger partial charge in [0.1, 0.15) is 5.82 Å². The number of hydrogen-bond donors (Lipinski definition) is 2. The van der Waals surface area contributed by atoms with Crippen LogP contribution in [0.4, 0.5) is 0 Å². The Balaban J connectivity index is 0.000000574. The number of nitrogens with zero attached hydrogens (tertiary/aromatic N) is 1. The minimum Gasteiger partial charge on any atom is -0.345 e. The summed E-state index contributed by atoms with van der Waals surface area (Å²) in [5, 5.41) is 3.43. The lowest BCUT2D eigenvalue weighted by Gasteiger charge is -2.05. The third-order valence-corrected chi connectivity index (χ3v) is 3.03. The van der Waals surface area contributed by atoms with Crippen molar-refractivity contribution >= 4 is 0 Å². The molecule has 0 atom stereocenters. The Morgan fingerprint density at radius 3 is 2.67 bits per heavy atom. The molecule has 3 nitrogen and oxygen atoms in total. The molecule has 2 N–H and O–H groups in total. The van der Waals surface area contributed by atoms with Gasteiger partial charge < -0.3 is 10.3 Å². The molecule has 0 unspecified atom stereocenters. The lowest BCUT2D eigenvalue weighted by molar-refractivity contribution is 0.691. The molecule has 3 heteroatoms. The van der Waals surface area contributed by atoms with Crippen molar-refractivity contribution in [1.82, 2.24) is 15.3 Å². The Labute approximate surface area is 109 Å². The quantitative estimate of drug-likeness (QED) is 0.745. The molecule has 0 saturated heterocycles. The summed E-state index contributed by atoms with van der Waals surface area (Å²) in [5.74, 6) is 0.986. The van der Waals surface area contributed by atoms with Crippen LogP contribution in [-0.4, -0.2) is 9.97 Å². The van der Waals surface area contributed by atoms with Gasteiger partial charge >= 0.3 is 0 Å². The number of imidazole rings is 1. The van der Waals surface area contributed by atoms with Gasteiger partial charge in [0.25, 0.3) is 0 Å². The number of rotatable bonds is 0. The second-order valence-electron chi connectivity index (χ2n) is 4.41. The second kappa shape index (κ2) is 5.36. The van der Waals surface area contributed by atoms with Crippen molar-refractivity contribution in [2.45, 2.75) is 40.8 Å². The predicted octanol–water partition coefficient (Wildman–Crippen LogP) is 3.32. The van der Waals surface area contributed by atoms with Crippen LogP contribution in [0.3, 0.4) is 0 Å². The van der Waals surface area contributed by atoms with Gasteiger partial charge in [-0.05, 0) is 19.4 Å². The second-order valence-corrected chi connectivity index (χ2v) is 4.41. The van der Waals surface area contributed by atoms with E-state index in [0.717, 1.165) is 24.6 Å². The summed E-state index contributed by atoms with van der Waals surface area (Å²) in [6, 6.07) is 6.57. The molecule has 0 bridgehead atoms. The number of hydrogen-bond acceptors (Lipinski definition) is 2. The highest BCUT2D eigenvalue weighted by atomic mass is 15.0. The molecule has 0 amide bonds. The highest BCUT2D eigenvalue weighted by molar-refractivity contribution is 5.67. The molecule has 2 heterocycles. The van der Waals surface area contributed by atoms with E-state index >= 15 is 0 Å².